The summed E-state index contributed by atoms with van der Waals surface area (Å²) < 4.78 is 17.9. The van der Waals surface area contributed by atoms with Crippen molar-refractivity contribution in [3.05, 3.63) is 106 Å². The Morgan fingerprint density at radius 1 is 0.833 bits per heavy atom. The fourth-order valence-electron chi connectivity index (χ4n) is 4.05. The normalized spacial score (nSPS) is 14.6. The highest BCUT2D eigenvalue weighted by molar-refractivity contribution is 7.00. The van der Waals surface area contributed by atoms with Crippen molar-refractivity contribution in [3.8, 4) is 5.75 Å². The first-order valence-electron chi connectivity index (χ1n) is 10.1. The Kier molecular flexibility index (Phi) is 5.35. The molecule has 0 aliphatic carbocycles. The average molecular weight is 415 g/mol. The molecular formula is C26H26O3Si. The standard InChI is InChI=1S/C26H26O3Si/c1-26(2,3)30(23-11-7-5-8-12-23,24-13-9-6-10-14-24)29-21-16-15-20-17-22(19-27-4)28-25(20)18-21/h5-18H,1-4H3. The number of methoxy groups -OCH3 is 1. The topological polar surface area (TPSA) is 29.8 Å². The number of hydrogen-bond donors (Lipinski definition) is 0. The summed E-state index contributed by atoms with van der Waals surface area (Å²) in [6.07, 6.45) is 4.65. The van der Waals surface area contributed by atoms with Crippen LogP contribution in [0, 0.1) is 6.26 Å². The number of ether oxygens (including phenoxy) is 1. The van der Waals surface area contributed by atoms with Crippen LogP contribution >= 0.6 is 0 Å². The molecule has 0 amide bonds. The van der Waals surface area contributed by atoms with E-state index in [1.807, 2.05) is 24.3 Å². The molecule has 0 bridgehead atoms. The second-order valence-corrected chi connectivity index (χ2v) is 12.6. The number of hydrogen-bond acceptors (Lipinski definition) is 2. The third-order valence-corrected chi connectivity index (χ3v) is 10.3. The average Bonchev–Trinajstić information content (AvgIpc) is 3.14. The van der Waals surface area contributed by atoms with Gasteiger partial charge in [-0.3, -0.25) is 0 Å². The molecule has 1 aliphatic heterocycles. The van der Waals surface area contributed by atoms with Crippen molar-refractivity contribution in [1.82, 2.24) is 0 Å². The van der Waals surface area contributed by atoms with Crippen LogP contribution in [-0.4, -0.2) is 15.4 Å². The van der Waals surface area contributed by atoms with Crippen LogP contribution in [0.2, 0.25) is 5.04 Å². The summed E-state index contributed by atoms with van der Waals surface area (Å²) in [6.45, 7) is 6.81. The SMILES string of the molecule is CO[C-]=C1C=c2ccc(O[Si](c3ccccc3)(c3ccccc3)C(C)(C)C)cc2=[O+]1. The molecule has 30 heavy (non-hydrogen) atoms. The third kappa shape index (κ3) is 3.59. The first-order valence-corrected chi connectivity index (χ1v) is 12.0. The summed E-state index contributed by atoms with van der Waals surface area (Å²) in [5.41, 5.74) is 0.755. The Bertz CT molecular complexity index is 1140. The van der Waals surface area contributed by atoms with Gasteiger partial charge in [0.05, 0.1) is 13.2 Å². The molecule has 0 saturated carbocycles. The lowest BCUT2D eigenvalue weighted by molar-refractivity contribution is 0.311. The van der Waals surface area contributed by atoms with E-state index >= 15 is 0 Å². The molecule has 4 heteroatoms. The van der Waals surface area contributed by atoms with Gasteiger partial charge in [0.25, 0.3) is 0 Å². The second-order valence-electron chi connectivity index (χ2n) is 8.38. The Hall–Kier alpha value is -3.11. The Balaban J connectivity index is 1.89. The van der Waals surface area contributed by atoms with Gasteiger partial charge in [-0.1, -0.05) is 93.6 Å². The lowest BCUT2D eigenvalue weighted by Gasteiger charge is -2.42. The Morgan fingerprint density at radius 3 is 1.97 bits per heavy atom. The van der Waals surface area contributed by atoms with Crippen molar-refractivity contribution in [3.63, 3.8) is 0 Å². The van der Waals surface area contributed by atoms with E-state index in [1.54, 1.807) is 7.11 Å². The molecule has 3 nitrogen and oxygen atoms in total. The predicted octanol–water partition coefficient (Wildman–Crippen LogP) is 3.33. The van der Waals surface area contributed by atoms with Crippen molar-refractivity contribution in [1.29, 1.82) is 0 Å². The summed E-state index contributed by atoms with van der Waals surface area (Å²) in [6, 6.07) is 27.2. The summed E-state index contributed by atoms with van der Waals surface area (Å²) in [4.78, 5) is 0. The van der Waals surface area contributed by atoms with E-state index < -0.39 is 8.32 Å². The van der Waals surface area contributed by atoms with E-state index in [-0.39, 0.29) is 5.04 Å². The van der Waals surface area contributed by atoms with E-state index in [0.29, 0.717) is 5.76 Å². The van der Waals surface area contributed by atoms with Gasteiger partial charge in [0, 0.05) is 11.5 Å². The van der Waals surface area contributed by atoms with E-state index in [0.717, 1.165) is 16.4 Å². The van der Waals surface area contributed by atoms with Gasteiger partial charge < -0.3 is 9.16 Å². The van der Waals surface area contributed by atoms with E-state index in [9.17, 15) is 0 Å². The molecule has 0 atom stereocenters. The molecule has 4 rings (SSSR count). The zero-order chi connectivity index (χ0) is 21.2. The van der Waals surface area contributed by atoms with Gasteiger partial charge in [0.2, 0.25) is 5.76 Å². The minimum Gasteiger partial charge on any atom is -0.587 e. The first-order chi connectivity index (χ1) is 14.4. The van der Waals surface area contributed by atoms with Crippen LogP contribution in [0.1, 0.15) is 20.8 Å². The zero-order valence-corrected chi connectivity index (χ0v) is 18.8. The molecule has 0 radical (unpaired) electrons. The summed E-state index contributed by atoms with van der Waals surface area (Å²) in [5, 5.41) is 3.37. The van der Waals surface area contributed by atoms with E-state index in [1.165, 1.54) is 10.4 Å². The summed E-state index contributed by atoms with van der Waals surface area (Å²) >= 11 is 0. The van der Waals surface area contributed by atoms with Crippen molar-refractivity contribution >= 4 is 24.8 Å². The van der Waals surface area contributed by atoms with Gasteiger partial charge in [0.15, 0.2) is 0 Å². The molecule has 0 fully saturated rings. The molecule has 1 aliphatic rings. The molecule has 1 heterocycles. The first kappa shape index (κ1) is 20.2. The predicted molar refractivity (Wildman–Crippen MR) is 124 cm³/mol. The molecular weight excluding hydrogens is 388 g/mol. The highest BCUT2D eigenvalue weighted by Gasteiger charge is 2.52. The summed E-state index contributed by atoms with van der Waals surface area (Å²) in [5.74, 6) is 1.37. The largest absolute Gasteiger partial charge is 0.587 e. The van der Waals surface area contributed by atoms with Gasteiger partial charge in [0.1, 0.15) is 5.75 Å². The number of fused-ring (bicyclic) bond motifs is 1. The maximum absolute atomic E-state index is 7.04. The molecule has 0 N–H and O–H groups in total. The van der Waals surface area contributed by atoms with E-state index in [4.69, 9.17) is 13.6 Å². The van der Waals surface area contributed by atoms with Gasteiger partial charge in [-0.25, -0.2) is 4.42 Å². The minimum atomic E-state index is -2.67. The van der Waals surface area contributed by atoms with Crippen LogP contribution in [0.25, 0.3) is 6.08 Å². The third-order valence-electron chi connectivity index (χ3n) is 5.38. The van der Waals surface area contributed by atoms with Crippen molar-refractivity contribution in [2.75, 3.05) is 7.11 Å². The van der Waals surface area contributed by atoms with Crippen LogP contribution in [0.15, 0.2) is 89.0 Å². The van der Waals surface area contributed by atoms with E-state index in [2.05, 4.69) is 87.7 Å². The minimum absolute atomic E-state index is 0.101. The van der Waals surface area contributed by atoms with Crippen molar-refractivity contribution < 1.29 is 9.16 Å². The van der Waals surface area contributed by atoms with Crippen molar-refractivity contribution in [2.45, 2.75) is 25.8 Å². The van der Waals surface area contributed by atoms with Gasteiger partial charge in [-0.2, -0.15) is 0 Å². The molecule has 0 saturated heterocycles. The number of benzene rings is 3. The van der Waals surface area contributed by atoms with Crippen LogP contribution in [0.5, 0.6) is 5.75 Å². The molecule has 0 unspecified atom stereocenters. The molecule has 152 valence electrons. The smallest absolute Gasteiger partial charge is 0.342 e. The van der Waals surface area contributed by atoms with Gasteiger partial charge >= 0.3 is 13.7 Å². The van der Waals surface area contributed by atoms with Crippen LogP contribution in [0.3, 0.4) is 0 Å². The lowest BCUT2D eigenvalue weighted by Crippen LogP contribution is -2.68. The molecule has 0 spiro atoms. The number of allylic oxidation sites excluding steroid dienone is 1. The summed E-state index contributed by atoms with van der Waals surface area (Å²) in [7, 11) is -1.11. The monoisotopic (exact) mass is 414 g/mol. The maximum atomic E-state index is 7.04. The van der Waals surface area contributed by atoms with Crippen LogP contribution in [0.4, 0.5) is 0 Å². The highest BCUT2D eigenvalue weighted by atomic mass is 28.4. The second kappa shape index (κ2) is 7.96. The zero-order valence-electron chi connectivity index (χ0n) is 17.8. The van der Waals surface area contributed by atoms with Crippen LogP contribution < -0.4 is 25.4 Å². The van der Waals surface area contributed by atoms with Gasteiger partial charge in [-0.05, 0) is 21.5 Å². The molecule has 3 aromatic carbocycles. The van der Waals surface area contributed by atoms with Gasteiger partial charge in [-0.15, -0.1) is 0 Å². The quantitative estimate of drug-likeness (QED) is 0.277. The van der Waals surface area contributed by atoms with Crippen LogP contribution in [-0.2, 0) is 4.74 Å². The maximum Gasteiger partial charge on any atom is 0.342 e. The Morgan fingerprint density at radius 2 is 1.43 bits per heavy atom. The highest BCUT2D eigenvalue weighted by Crippen LogP contribution is 2.37. The Labute approximate surface area is 178 Å². The fraction of sp³-hybridized carbons (Fsp3) is 0.192. The number of rotatable bonds is 5. The lowest BCUT2D eigenvalue weighted by atomic mass is 10.2. The van der Waals surface area contributed by atoms with Crippen molar-refractivity contribution in [2.24, 2.45) is 0 Å². The molecule has 0 aromatic heterocycles. The molecule has 3 aromatic rings. The fourth-order valence-corrected chi connectivity index (χ4v) is 8.46.